The number of nitrogens with one attached hydrogen (secondary N) is 1. The lowest BCUT2D eigenvalue weighted by atomic mass is 9.85. The number of benzene rings is 2. The summed E-state index contributed by atoms with van der Waals surface area (Å²) in [7, 11) is 0. The Labute approximate surface area is 198 Å². The van der Waals surface area contributed by atoms with Gasteiger partial charge in [0, 0.05) is 41.6 Å². The topological polar surface area (TPSA) is 75.3 Å². The molecule has 4 heterocycles. The molecule has 34 heavy (non-hydrogen) atoms. The third-order valence-electron chi connectivity index (χ3n) is 6.87. The van der Waals surface area contributed by atoms with Gasteiger partial charge in [-0.05, 0) is 61.1 Å². The second-order valence-corrected chi connectivity index (χ2v) is 9.53. The minimum Gasteiger partial charge on any atom is -0.389 e. The van der Waals surface area contributed by atoms with Gasteiger partial charge in [0.05, 0.1) is 17.3 Å². The third kappa shape index (κ3) is 3.85. The molecule has 6 nitrogen and oxygen atoms in total. The summed E-state index contributed by atoms with van der Waals surface area (Å²) >= 11 is 0. The molecule has 0 amide bonds. The van der Waals surface area contributed by atoms with E-state index >= 15 is 0 Å². The molecule has 3 aromatic heterocycles. The SMILES string of the molecule is CC1(O)CNCCC(c2ccc(-c3cnc4c(-c5ccnc6ccccc56)cnn4c3)cc2)C1. The Kier molecular flexibility index (Phi) is 5.12. The van der Waals surface area contributed by atoms with E-state index < -0.39 is 5.60 Å². The lowest BCUT2D eigenvalue weighted by Crippen LogP contribution is -2.36. The van der Waals surface area contributed by atoms with Crippen molar-refractivity contribution in [1.82, 2.24) is 24.9 Å². The molecule has 2 atom stereocenters. The summed E-state index contributed by atoms with van der Waals surface area (Å²) in [6, 6.07) is 18.8. The average molecular weight is 450 g/mol. The van der Waals surface area contributed by atoms with Gasteiger partial charge in [-0.25, -0.2) is 9.50 Å². The molecule has 1 saturated heterocycles. The van der Waals surface area contributed by atoms with Crippen molar-refractivity contribution in [2.24, 2.45) is 0 Å². The van der Waals surface area contributed by atoms with E-state index in [1.807, 2.05) is 60.5 Å². The fourth-order valence-corrected chi connectivity index (χ4v) is 5.12. The van der Waals surface area contributed by atoms with Gasteiger partial charge in [-0.2, -0.15) is 5.10 Å². The molecule has 1 aliphatic rings. The average Bonchev–Trinajstić information content (AvgIpc) is 3.19. The Morgan fingerprint density at radius 2 is 1.82 bits per heavy atom. The molecule has 1 aliphatic heterocycles. The van der Waals surface area contributed by atoms with Crippen LogP contribution in [0.1, 0.15) is 31.2 Å². The molecule has 0 aliphatic carbocycles. The van der Waals surface area contributed by atoms with Crippen LogP contribution < -0.4 is 5.32 Å². The van der Waals surface area contributed by atoms with E-state index in [9.17, 15) is 5.11 Å². The van der Waals surface area contributed by atoms with Crippen LogP contribution in [0, 0.1) is 0 Å². The van der Waals surface area contributed by atoms with E-state index in [1.165, 1.54) is 5.56 Å². The van der Waals surface area contributed by atoms with Crippen LogP contribution >= 0.6 is 0 Å². The summed E-state index contributed by atoms with van der Waals surface area (Å²) in [6.07, 6.45) is 9.46. The second kappa shape index (κ2) is 8.31. The van der Waals surface area contributed by atoms with Crippen molar-refractivity contribution >= 4 is 16.6 Å². The summed E-state index contributed by atoms with van der Waals surface area (Å²) in [4.78, 5) is 9.26. The Morgan fingerprint density at radius 3 is 2.71 bits per heavy atom. The van der Waals surface area contributed by atoms with Crippen molar-refractivity contribution in [2.45, 2.75) is 31.3 Å². The van der Waals surface area contributed by atoms with Crippen molar-refractivity contribution in [3.63, 3.8) is 0 Å². The molecule has 2 unspecified atom stereocenters. The number of pyridine rings is 1. The molecule has 2 aromatic carbocycles. The summed E-state index contributed by atoms with van der Waals surface area (Å²) in [6.45, 7) is 3.49. The Bertz CT molecular complexity index is 1470. The predicted octanol–water partition coefficient (Wildman–Crippen LogP) is 4.83. The highest BCUT2D eigenvalue weighted by atomic mass is 16.3. The number of para-hydroxylation sites is 1. The molecule has 0 bridgehead atoms. The Morgan fingerprint density at radius 1 is 0.971 bits per heavy atom. The van der Waals surface area contributed by atoms with Crippen molar-refractivity contribution in [1.29, 1.82) is 0 Å². The van der Waals surface area contributed by atoms with Crippen molar-refractivity contribution in [3.8, 4) is 22.3 Å². The number of aromatic nitrogens is 4. The molecule has 0 saturated carbocycles. The van der Waals surface area contributed by atoms with Gasteiger partial charge in [-0.1, -0.05) is 42.5 Å². The first kappa shape index (κ1) is 21.0. The van der Waals surface area contributed by atoms with Crippen LogP contribution in [0.2, 0.25) is 0 Å². The van der Waals surface area contributed by atoms with E-state index in [1.54, 1.807) is 0 Å². The summed E-state index contributed by atoms with van der Waals surface area (Å²) < 4.78 is 1.85. The van der Waals surface area contributed by atoms with Crippen LogP contribution in [0.25, 0.3) is 38.8 Å². The first-order chi connectivity index (χ1) is 16.6. The van der Waals surface area contributed by atoms with Crippen LogP contribution in [-0.4, -0.2) is 43.4 Å². The third-order valence-corrected chi connectivity index (χ3v) is 6.87. The molecular formula is C28H27N5O. The Balaban J connectivity index is 1.32. The molecule has 0 radical (unpaired) electrons. The van der Waals surface area contributed by atoms with Crippen molar-refractivity contribution in [3.05, 3.63) is 84.9 Å². The number of fused-ring (bicyclic) bond motifs is 2. The molecule has 1 fully saturated rings. The molecular weight excluding hydrogens is 422 g/mol. The zero-order chi connectivity index (χ0) is 23.1. The lowest BCUT2D eigenvalue weighted by Gasteiger charge is -2.25. The van der Waals surface area contributed by atoms with E-state index in [-0.39, 0.29) is 0 Å². The van der Waals surface area contributed by atoms with Crippen LogP contribution in [0.3, 0.4) is 0 Å². The second-order valence-electron chi connectivity index (χ2n) is 9.53. The van der Waals surface area contributed by atoms with Gasteiger partial charge < -0.3 is 10.4 Å². The number of aliphatic hydroxyl groups is 1. The number of hydrogen-bond acceptors (Lipinski definition) is 5. The van der Waals surface area contributed by atoms with Crippen LogP contribution in [0.4, 0.5) is 0 Å². The van der Waals surface area contributed by atoms with Crippen LogP contribution in [0.15, 0.2) is 79.4 Å². The van der Waals surface area contributed by atoms with Gasteiger partial charge in [0.15, 0.2) is 5.65 Å². The predicted molar refractivity (Wildman–Crippen MR) is 135 cm³/mol. The highest BCUT2D eigenvalue weighted by molar-refractivity contribution is 5.97. The first-order valence-corrected chi connectivity index (χ1v) is 11.8. The molecule has 5 aromatic rings. The van der Waals surface area contributed by atoms with E-state index in [0.717, 1.165) is 58.2 Å². The number of β-amino-alcohol motifs (C(OH)–C–C–N with tert-alkyl or cyclic N) is 1. The van der Waals surface area contributed by atoms with Gasteiger partial charge in [0.2, 0.25) is 0 Å². The number of nitrogens with zero attached hydrogens (tertiary/aromatic N) is 4. The van der Waals surface area contributed by atoms with Crippen molar-refractivity contribution < 1.29 is 5.11 Å². The lowest BCUT2D eigenvalue weighted by molar-refractivity contribution is 0.0513. The highest BCUT2D eigenvalue weighted by Gasteiger charge is 2.28. The highest BCUT2D eigenvalue weighted by Crippen LogP contribution is 2.33. The standard InChI is InChI=1S/C28H27N5O/c1-28(34)14-21(10-12-29-18-28)19-6-8-20(9-7-19)22-15-31-27-25(16-32-33(27)17-22)23-11-13-30-26-5-3-2-4-24(23)26/h2-9,11,13,15-17,21,29,34H,10,12,14,18H2,1H3. The molecule has 2 N–H and O–H groups in total. The van der Waals surface area contributed by atoms with Gasteiger partial charge >= 0.3 is 0 Å². The zero-order valence-electron chi connectivity index (χ0n) is 19.1. The number of hydrogen-bond donors (Lipinski definition) is 2. The minimum atomic E-state index is -0.674. The van der Waals surface area contributed by atoms with Gasteiger partial charge in [0.1, 0.15) is 0 Å². The maximum Gasteiger partial charge on any atom is 0.162 e. The smallest absolute Gasteiger partial charge is 0.162 e. The normalized spacial score (nSPS) is 21.1. The van der Waals surface area contributed by atoms with Crippen LogP contribution in [0.5, 0.6) is 0 Å². The zero-order valence-corrected chi connectivity index (χ0v) is 19.1. The Hall–Kier alpha value is -3.61. The van der Waals surface area contributed by atoms with Crippen molar-refractivity contribution in [2.75, 3.05) is 13.1 Å². The molecule has 0 spiro atoms. The maximum atomic E-state index is 10.6. The van der Waals surface area contributed by atoms with Gasteiger partial charge in [-0.3, -0.25) is 4.98 Å². The summed E-state index contributed by atoms with van der Waals surface area (Å²) in [5, 5.41) is 19.6. The molecule has 6 rings (SSSR count). The largest absolute Gasteiger partial charge is 0.389 e. The summed E-state index contributed by atoms with van der Waals surface area (Å²) in [5.74, 6) is 0.350. The van der Waals surface area contributed by atoms with E-state index in [2.05, 4.69) is 45.7 Å². The fraction of sp³-hybridized carbons (Fsp3) is 0.250. The van der Waals surface area contributed by atoms with E-state index in [0.29, 0.717) is 12.5 Å². The van der Waals surface area contributed by atoms with Gasteiger partial charge in [0.25, 0.3) is 0 Å². The first-order valence-electron chi connectivity index (χ1n) is 11.8. The maximum absolute atomic E-state index is 10.6. The number of rotatable bonds is 3. The monoisotopic (exact) mass is 449 g/mol. The van der Waals surface area contributed by atoms with Gasteiger partial charge in [-0.15, -0.1) is 0 Å². The quantitative estimate of drug-likeness (QED) is 0.413. The fourth-order valence-electron chi connectivity index (χ4n) is 5.12. The molecule has 170 valence electrons. The minimum absolute atomic E-state index is 0.350. The molecule has 6 heteroatoms. The van der Waals surface area contributed by atoms with Crippen LogP contribution in [-0.2, 0) is 0 Å². The summed E-state index contributed by atoms with van der Waals surface area (Å²) in [5.41, 5.74) is 6.58. The van der Waals surface area contributed by atoms with E-state index in [4.69, 9.17) is 4.98 Å².